The highest BCUT2D eigenvalue weighted by Crippen LogP contribution is 2.38. The maximum Gasteiger partial charge on any atom is 0.132 e. The topological polar surface area (TPSA) is 43.8 Å². The van der Waals surface area contributed by atoms with E-state index in [1.165, 1.54) is 18.4 Å². The van der Waals surface area contributed by atoms with Gasteiger partial charge in [0.15, 0.2) is 0 Å². The number of rotatable bonds is 1. The minimum Gasteiger partial charge on any atom is -0.383 e. The second kappa shape index (κ2) is 2.25. The van der Waals surface area contributed by atoms with Gasteiger partial charge < -0.3 is 10.3 Å². The Morgan fingerprint density at radius 2 is 2.23 bits per heavy atom. The van der Waals surface area contributed by atoms with Crippen LogP contribution in [0.3, 0.4) is 0 Å². The van der Waals surface area contributed by atoms with E-state index < -0.39 is 0 Å². The van der Waals surface area contributed by atoms with Crippen LogP contribution in [0.5, 0.6) is 0 Å². The zero-order valence-corrected chi connectivity index (χ0v) is 7.27. The summed E-state index contributed by atoms with van der Waals surface area (Å²) in [7, 11) is 0. The van der Waals surface area contributed by atoms with Crippen molar-refractivity contribution in [2.75, 3.05) is 5.73 Å². The quantitative estimate of drug-likeness (QED) is 0.716. The molecule has 1 saturated carbocycles. The molecule has 0 aliphatic heterocycles. The number of fused-ring (bicyclic) bond motifs is 1. The number of hydrogen-bond acceptors (Lipinski definition) is 2. The van der Waals surface area contributed by atoms with E-state index in [1.807, 2.05) is 6.07 Å². The SMILES string of the molecule is Nc1nccc2c1ccn2C1CC1. The Labute approximate surface area is 76.2 Å². The third-order valence-electron chi connectivity index (χ3n) is 2.62. The third-order valence-corrected chi connectivity index (χ3v) is 2.62. The van der Waals surface area contributed by atoms with Crippen molar-refractivity contribution < 1.29 is 0 Å². The van der Waals surface area contributed by atoms with Crippen molar-refractivity contribution in [3.63, 3.8) is 0 Å². The van der Waals surface area contributed by atoms with E-state index in [-0.39, 0.29) is 0 Å². The van der Waals surface area contributed by atoms with Crippen molar-refractivity contribution in [2.45, 2.75) is 18.9 Å². The first-order valence-corrected chi connectivity index (χ1v) is 4.57. The molecule has 3 rings (SSSR count). The zero-order valence-electron chi connectivity index (χ0n) is 7.27. The summed E-state index contributed by atoms with van der Waals surface area (Å²) in [4.78, 5) is 4.06. The molecule has 0 bridgehead atoms. The molecule has 1 aliphatic rings. The van der Waals surface area contributed by atoms with Crippen molar-refractivity contribution in [3.05, 3.63) is 24.5 Å². The van der Waals surface area contributed by atoms with Crippen molar-refractivity contribution in [1.82, 2.24) is 9.55 Å². The molecule has 2 aromatic heterocycles. The molecule has 0 atom stereocenters. The molecule has 2 heterocycles. The average molecular weight is 173 g/mol. The summed E-state index contributed by atoms with van der Waals surface area (Å²) in [5.74, 6) is 0.636. The lowest BCUT2D eigenvalue weighted by Gasteiger charge is -2.01. The highest BCUT2D eigenvalue weighted by molar-refractivity contribution is 5.89. The van der Waals surface area contributed by atoms with Gasteiger partial charge in [0.1, 0.15) is 5.82 Å². The number of nitrogens with two attached hydrogens (primary N) is 1. The number of nitrogens with zero attached hydrogens (tertiary/aromatic N) is 2. The number of hydrogen-bond donors (Lipinski definition) is 1. The molecule has 2 aromatic rings. The molecular formula is C10H11N3. The first kappa shape index (κ1) is 6.95. The molecule has 0 aromatic carbocycles. The molecule has 13 heavy (non-hydrogen) atoms. The van der Waals surface area contributed by atoms with Crippen molar-refractivity contribution in [1.29, 1.82) is 0 Å². The second-order valence-corrected chi connectivity index (χ2v) is 3.58. The standard InChI is InChI=1S/C10H11N3/c11-10-8-4-6-13(7-1-2-7)9(8)3-5-12-10/h3-7H,1-2H2,(H2,11,12). The van der Waals surface area contributed by atoms with Gasteiger partial charge in [-0.05, 0) is 25.0 Å². The average Bonchev–Trinajstić information content (AvgIpc) is 2.87. The van der Waals surface area contributed by atoms with Crippen LogP contribution < -0.4 is 5.73 Å². The van der Waals surface area contributed by atoms with E-state index in [9.17, 15) is 0 Å². The van der Waals surface area contributed by atoms with Gasteiger partial charge in [0.2, 0.25) is 0 Å². The Morgan fingerprint density at radius 1 is 1.38 bits per heavy atom. The van der Waals surface area contributed by atoms with Crippen LogP contribution in [-0.2, 0) is 0 Å². The summed E-state index contributed by atoms with van der Waals surface area (Å²) in [5, 5.41) is 1.08. The van der Waals surface area contributed by atoms with Crippen LogP contribution >= 0.6 is 0 Å². The molecule has 0 unspecified atom stereocenters. The highest BCUT2D eigenvalue weighted by atomic mass is 15.0. The van der Waals surface area contributed by atoms with E-state index in [0.717, 1.165) is 5.39 Å². The molecule has 0 spiro atoms. The third kappa shape index (κ3) is 0.932. The molecule has 66 valence electrons. The fourth-order valence-corrected chi connectivity index (χ4v) is 1.78. The number of anilines is 1. The molecular weight excluding hydrogens is 162 g/mol. The lowest BCUT2D eigenvalue weighted by atomic mass is 10.3. The molecule has 0 radical (unpaired) electrons. The molecule has 3 heteroatoms. The van der Waals surface area contributed by atoms with Gasteiger partial charge in [0.05, 0.1) is 5.52 Å². The van der Waals surface area contributed by atoms with E-state index in [4.69, 9.17) is 5.73 Å². The maximum atomic E-state index is 5.77. The fourth-order valence-electron chi connectivity index (χ4n) is 1.78. The predicted octanol–water partition coefficient (Wildman–Crippen LogP) is 1.95. The van der Waals surface area contributed by atoms with Gasteiger partial charge in [-0.1, -0.05) is 0 Å². The molecule has 2 N–H and O–H groups in total. The maximum absolute atomic E-state index is 5.77. The Hall–Kier alpha value is -1.51. The molecule has 0 amide bonds. The van der Waals surface area contributed by atoms with Crippen LogP contribution in [0.4, 0.5) is 5.82 Å². The first-order chi connectivity index (χ1) is 6.36. The molecule has 1 fully saturated rings. The van der Waals surface area contributed by atoms with E-state index >= 15 is 0 Å². The summed E-state index contributed by atoms with van der Waals surface area (Å²) in [6.45, 7) is 0. The number of aromatic nitrogens is 2. The van der Waals surface area contributed by atoms with Crippen LogP contribution in [-0.4, -0.2) is 9.55 Å². The predicted molar refractivity (Wildman–Crippen MR) is 52.4 cm³/mol. The lowest BCUT2D eigenvalue weighted by molar-refractivity contribution is 0.776. The summed E-state index contributed by atoms with van der Waals surface area (Å²) < 4.78 is 2.30. The number of pyridine rings is 1. The zero-order chi connectivity index (χ0) is 8.84. The van der Waals surface area contributed by atoms with Crippen LogP contribution in [0.2, 0.25) is 0 Å². The van der Waals surface area contributed by atoms with Crippen molar-refractivity contribution in [2.24, 2.45) is 0 Å². The fraction of sp³-hybridized carbons (Fsp3) is 0.300. The van der Waals surface area contributed by atoms with Gasteiger partial charge in [-0.25, -0.2) is 4.98 Å². The Bertz CT molecular complexity index is 454. The lowest BCUT2D eigenvalue weighted by Crippen LogP contribution is -1.93. The van der Waals surface area contributed by atoms with Crippen molar-refractivity contribution in [3.8, 4) is 0 Å². The van der Waals surface area contributed by atoms with Crippen LogP contribution in [0.15, 0.2) is 24.5 Å². The minimum atomic E-state index is 0.636. The summed E-state index contributed by atoms with van der Waals surface area (Å²) >= 11 is 0. The summed E-state index contributed by atoms with van der Waals surface area (Å²) in [6, 6.07) is 4.79. The van der Waals surface area contributed by atoms with Gasteiger partial charge in [0.25, 0.3) is 0 Å². The Balaban J connectivity index is 2.32. The first-order valence-electron chi connectivity index (χ1n) is 4.57. The monoisotopic (exact) mass is 173 g/mol. The normalized spacial score (nSPS) is 16.6. The van der Waals surface area contributed by atoms with Gasteiger partial charge in [-0.15, -0.1) is 0 Å². The molecule has 0 saturated heterocycles. The molecule has 1 aliphatic carbocycles. The van der Waals surface area contributed by atoms with Crippen molar-refractivity contribution >= 4 is 16.7 Å². The van der Waals surface area contributed by atoms with Crippen LogP contribution in [0, 0.1) is 0 Å². The highest BCUT2D eigenvalue weighted by Gasteiger charge is 2.24. The summed E-state index contributed by atoms with van der Waals surface area (Å²) in [6.07, 6.45) is 6.48. The number of nitrogen functional groups attached to an aromatic ring is 1. The Kier molecular flexibility index (Phi) is 1.20. The van der Waals surface area contributed by atoms with E-state index in [1.54, 1.807) is 6.20 Å². The van der Waals surface area contributed by atoms with E-state index in [2.05, 4.69) is 21.8 Å². The van der Waals surface area contributed by atoms with Gasteiger partial charge in [-0.3, -0.25) is 0 Å². The minimum absolute atomic E-state index is 0.636. The molecule has 3 nitrogen and oxygen atoms in total. The van der Waals surface area contributed by atoms with Gasteiger partial charge in [0, 0.05) is 23.8 Å². The summed E-state index contributed by atoms with van der Waals surface area (Å²) in [5.41, 5.74) is 6.98. The largest absolute Gasteiger partial charge is 0.383 e. The van der Waals surface area contributed by atoms with Crippen LogP contribution in [0.25, 0.3) is 10.9 Å². The second-order valence-electron chi connectivity index (χ2n) is 3.58. The Morgan fingerprint density at radius 3 is 3.00 bits per heavy atom. The van der Waals surface area contributed by atoms with Gasteiger partial charge >= 0.3 is 0 Å². The van der Waals surface area contributed by atoms with E-state index in [0.29, 0.717) is 11.9 Å². The smallest absolute Gasteiger partial charge is 0.132 e. The van der Waals surface area contributed by atoms with Gasteiger partial charge in [-0.2, -0.15) is 0 Å². The van der Waals surface area contributed by atoms with Crippen LogP contribution in [0.1, 0.15) is 18.9 Å².